The van der Waals surface area contributed by atoms with Gasteiger partial charge in [0.1, 0.15) is 5.76 Å². The number of methoxy groups -OCH3 is 1. The minimum absolute atomic E-state index is 0.0272. The zero-order valence-electron chi connectivity index (χ0n) is 12.3. The molecule has 0 amide bonds. The van der Waals surface area contributed by atoms with Gasteiger partial charge in [-0.1, -0.05) is 12.2 Å². The second-order valence-electron chi connectivity index (χ2n) is 7.81. The predicted octanol–water partition coefficient (Wildman–Crippen LogP) is 0.0364. The summed E-state index contributed by atoms with van der Waals surface area (Å²) < 4.78 is 10.6. The molecule has 1 aromatic heterocycles. The number of hydrogen-bond donors (Lipinski definition) is 0. The van der Waals surface area contributed by atoms with E-state index in [-0.39, 0.29) is 34.3 Å². The molecule has 4 fully saturated rings. The zero-order valence-corrected chi connectivity index (χ0v) is 12.3. The Morgan fingerprint density at radius 2 is 1.77 bits per heavy atom. The van der Waals surface area contributed by atoms with E-state index in [2.05, 4.69) is 18.2 Å². The van der Waals surface area contributed by atoms with Crippen LogP contribution in [0, 0.1) is 34.5 Å². The average Bonchev–Trinajstić information content (AvgIpc) is 3.31. The smallest absolute Gasteiger partial charge is 0.347 e. The molecule has 0 aromatic carbocycles. The average molecular weight is 297 g/mol. The van der Waals surface area contributed by atoms with Gasteiger partial charge in [0.25, 0.3) is 0 Å². The fourth-order valence-electron chi connectivity index (χ4n) is 7.68. The van der Waals surface area contributed by atoms with Gasteiger partial charge in [0.15, 0.2) is 0 Å². The van der Waals surface area contributed by atoms with Gasteiger partial charge in [-0.2, -0.15) is 0 Å². The molecule has 112 valence electrons. The van der Waals surface area contributed by atoms with Crippen LogP contribution < -0.4 is 11.4 Å². The second-order valence-corrected chi connectivity index (χ2v) is 7.81. The van der Waals surface area contributed by atoms with Crippen molar-refractivity contribution in [2.75, 3.05) is 7.11 Å². The van der Waals surface area contributed by atoms with Gasteiger partial charge in [0, 0.05) is 12.5 Å². The van der Waals surface area contributed by atoms with E-state index in [1.54, 1.807) is 23.5 Å². The van der Waals surface area contributed by atoms with Crippen molar-refractivity contribution in [3.05, 3.63) is 45.0 Å². The lowest BCUT2D eigenvalue weighted by Gasteiger charge is -2.48. The Bertz CT molecular complexity index is 993. The highest BCUT2D eigenvalue weighted by Crippen LogP contribution is 3.04. The Balaban J connectivity index is 1.67. The molecule has 0 unspecified atom stereocenters. The maximum Gasteiger partial charge on any atom is 0.347 e. The Hall–Kier alpha value is -1.98. The fourth-order valence-corrected chi connectivity index (χ4v) is 7.68. The SMILES string of the molecule is COC1=CC=C[C@@]23[C@H]4[C@@H]5[C@H]6[C@H]5[C@H]2n2c(=O)n(C)c(=O)n2[C@@H]6[C@]143. The molecule has 6 heteroatoms. The van der Waals surface area contributed by atoms with E-state index in [1.165, 1.54) is 4.57 Å². The Morgan fingerprint density at radius 1 is 1.09 bits per heavy atom. The van der Waals surface area contributed by atoms with Gasteiger partial charge in [0.2, 0.25) is 0 Å². The van der Waals surface area contributed by atoms with Crippen molar-refractivity contribution in [2.45, 2.75) is 12.1 Å². The first-order valence-electron chi connectivity index (χ1n) is 7.98. The molecule has 0 saturated heterocycles. The second kappa shape index (κ2) is 2.47. The summed E-state index contributed by atoms with van der Waals surface area (Å²) >= 11 is 0. The van der Waals surface area contributed by atoms with Crippen LogP contribution in [0.15, 0.2) is 33.6 Å². The van der Waals surface area contributed by atoms with Crippen molar-refractivity contribution in [1.29, 1.82) is 0 Å². The molecule has 2 aliphatic heterocycles. The molecular weight excluding hydrogens is 282 g/mol. The summed E-state index contributed by atoms with van der Waals surface area (Å²) in [7, 11) is 3.33. The maximum absolute atomic E-state index is 12.7. The summed E-state index contributed by atoms with van der Waals surface area (Å²) in [5.74, 6) is 3.42. The van der Waals surface area contributed by atoms with Gasteiger partial charge in [-0.3, -0.25) is 0 Å². The van der Waals surface area contributed by atoms with Crippen molar-refractivity contribution in [2.24, 2.45) is 41.5 Å². The molecule has 0 N–H and O–H groups in total. The fraction of sp³-hybridized carbons (Fsp3) is 0.625. The van der Waals surface area contributed by atoms with Crippen LogP contribution in [-0.4, -0.2) is 21.0 Å². The lowest BCUT2D eigenvalue weighted by molar-refractivity contribution is 0.0119. The molecule has 1 aromatic rings. The van der Waals surface area contributed by atoms with Crippen molar-refractivity contribution in [3.8, 4) is 0 Å². The first-order chi connectivity index (χ1) is 10.6. The molecule has 3 heterocycles. The van der Waals surface area contributed by atoms with Crippen molar-refractivity contribution < 1.29 is 4.74 Å². The van der Waals surface area contributed by atoms with Crippen LogP contribution in [0.4, 0.5) is 0 Å². The van der Waals surface area contributed by atoms with Crippen molar-refractivity contribution in [1.82, 2.24) is 13.9 Å². The lowest BCUT2D eigenvalue weighted by Crippen LogP contribution is -2.53. The van der Waals surface area contributed by atoms with E-state index >= 15 is 0 Å². The minimum Gasteiger partial charge on any atom is -0.500 e. The van der Waals surface area contributed by atoms with Gasteiger partial charge in [-0.15, -0.1) is 0 Å². The molecule has 6 nitrogen and oxygen atoms in total. The summed E-state index contributed by atoms with van der Waals surface area (Å²) in [6.07, 6.45) is 6.47. The summed E-state index contributed by atoms with van der Waals surface area (Å²) in [6, 6.07) is 0.254. The zero-order chi connectivity index (χ0) is 14.8. The highest BCUT2D eigenvalue weighted by molar-refractivity contribution is 5.59. The summed E-state index contributed by atoms with van der Waals surface area (Å²) in [4.78, 5) is 25.3. The third-order valence-corrected chi connectivity index (χ3v) is 7.87. The molecular formula is C16H15N3O3. The van der Waals surface area contributed by atoms with Gasteiger partial charge in [-0.25, -0.2) is 23.5 Å². The monoisotopic (exact) mass is 297 g/mol. The van der Waals surface area contributed by atoms with Crippen LogP contribution in [0.25, 0.3) is 0 Å². The minimum atomic E-state index is -0.162. The molecule has 5 aliphatic carbocycles. The molecule has 2 spiro atoms. The molecule has 0 radical (unpaired) electrons. The molecule has 8 atom stereocenters. The number of nitrogens with zero attached hydrogens (tertiary/aromatic N) is 3. The van der Waals surface area contributed by atoms with Gasteiger partial charge < -0.3 is 4.74 Å². The Labute approximate surface area is 125 Å². The van der Waals surface area contributed by atoms with Gasteiger partial charge >= 0.3 is 11.4 Å². The van der Waals surface area contributed by atoms with Crippen LogP contribution in [0.2, 0.25) is 0 Å². The number of hydrogen-bond acceptors (Lipinski definition) is 3. The van der Waals surface area contributed by atoms with Crippen LogP contribution in [0.5, 0.6) is 0 Å². The number of allylic oxidation sites excluding steroid dienone is 4. The first-order valence-corrected chi connectivity index (χ1v) is 7.98. The molecule has 7 aliphatic rings. The summed E-state index contributed by atoms with van der Waals surface area (Å²) in [5, 5.41) is 0. The highest BCUT2D eigenvalue weighted by Gasteiger charge is 3.04. The lowest BCUT2D eigenvalue weighted by atomic mass is 9.68. The van der Waals surface area contributed by atoms with Crippen molar-refractivity contribution >= 4 is 0 Å². The normalized spacial score (nSPS) is 55.6. The molecule has 22 heavy (non-hydrogen) atoms. The maximum atomic E-state index is 12.7. The van der Waals surface area contributed by atoms with E-state index in [0.717, 1.165) is 5.76 Å². The number of aromatic nitrogens is 3. The van der Waals surface area contributed by atoms with E-state index in [4.69, 9.17) is 4.74 Å². The third-order valence-electron chi connectivity index (χ3n) is 7.87. The van der Waals surface area contributed by atoms with E-state index < -0.39 is 0 Å². The van der Waals surface area contributed by atoms with Gasteiger partial charge in [-0.05, 0) is 29.7 Å². The van der Waals surface area contributed by atoms with Crippen LogP contribution in [0.3, 0.4) is 0 Å². The molecule has 4 saturated carbocycles. The predicted molar refractivity (Wildman–Crippen MR) is 75.1 cm³/mol. The van der Waals surface area contributed by atoms with E-state index in [9.17, 15) is 9.59 Å². The molecule has 8 rings (SSSR count). The largest absolute Gasteiger partial charge is 0.500 e. The quantitative estimate of drug-likeness (QED) is 0.735. The number of rotatable bonds is 1. The van der Waals surface area contributed by atoms with Crippen molar-refractivity contribution in [3.63, 3.8) is 0 Å². The van der Waals surface area contributed by atoms with E-state index in [1.807, 2.05) is 0 Å². The van der Waals surface area contributed by atoms with Crippen LogP contribution >= 0.6 is 0 Å². The standard InChI is InChI=1S/C16H15N3O3/c1-17-13(20)18-11-8-7-9(8)12(19(18)14(17)21)16-6(22-2)4-3-5-15(11,16)10(7)16/h3-5,7-12H,1-2H3/t7-,8-,9-,10+,11+,12-,15+,16-/m0/s1. The summed E-state index contributed by atoms with van der Waals surface area (Å²) in [5.41, 5.74) is -0.339. The Morgan fingerprint density at radius 3 is 2.50 bits per heavy atom. The van der Waals surface area contributed by atoms with E-state index in [0.29, 0.717) is 23.7 Å². The van der Waals surface area contributed by atoms with Gasteiger partial charge in [0.05, 0.1) is 24.6 Å². The molecule has 2 bridgehead atoms. The first kappa shape index (κ1) is 10.7. The topological polar surface area (TPSA) is 58.2 Å². The van der Waals surface area contributed by atoms with Crippen LogP contribution in [-0.2, 0) is 11.8 Å². The number of ether oxygens (including phenoxy) is 1. The summed E-state index contributed by atoms with van der Waals surface area (Å²) in [6.45, 7) is 0. The third kappa shape index (κ3) is 0.591. The van der Waals surface area contributed by atoms with Crippen LogP contribution in [0.1, 0.15) is 12.1 Å². The Kier molecular flexibility index (Phi) is 1.20. The highest BCUT2D eigenvalue weighted by atomic mass is 16.5.